The van der Waals surface area contributed by atoms with Gasteiger partial charge in [-0.25, -0.2) is 13.1 Å². The Hall–Kier alpha value is 0.150. The predicted octanol–water partition coefficient (Wildman–Crippen LogP) is 2.32. The summed E-state index contributed by atoms with van der Waals surface area (Å²) in [4.78, 5) is 0.00765. The van der Waals surface area contributed by atoms with E-state index in [1.807, 2.05) is 13.8 Å². The predicted molar refractivity (Wildman–Crippen MR) is 72.3 cm³/mol. The van der Waals surface area contributed by atoms with Gasteiger partial charge in [-0.05, 0) is 12.0 Å². The average molecular weight is 317 g/mol. The molecule has 0 aromatic carbocycles. The topological polar surface area (TPSA) is 72.2 Å². The zero-order valence-electron chi connectivity index (χ0n) is 9.41. The standard InChI is InChI=1S/C9H14Cl2N2O2S2/c1-5(2)6(4-12)13-17(14,15)7-3-8(10)16-9(7)11/h3,5-6,13H,4,12H2,1-2H3. The van der Waals surface area contributed by atoms with E-state index in [-0.39, 0.29) is 27.7 Å². The Bertz CT molecular complexity index is 485. The van der Waals surface area contributed by atoms with Crippen molar-refractivity contribution in [2.24, 2.45) is 11.7 Å². The minimum absolute atomic E-state index is 0.00765. The van der Waals surface area contributed by atoms with Gasteiger partial charge in [-0.1, -0.05) is 37.0 Å². The molecule has 1 rings (SSSR count). The van der Waals surface area contributed by atoms with Crippen molar-refractivity contribution in [3.05, 3.63) is 14.7 Å². The molecule has 0 aliphatic rings. The second-order valence-electron chi connectivity index (χ2n) is 3.90. The second kappa shape index (κ2) is 5.86. The second-order valence-corrected chi connectivity index (χ2v) is 7.86. The minimum Gasteiger partial charge on any atom is -0.329 e. The Morgan fingerprint density at radius 1 is 1.47 bits per heavy atom. The van der Waals surface area contributed by atoms with E-state index >= 15 is 0 Å². The molecule has 8 heteroatoms. The molecule has 98 valence electrons. The van der Waals surface area contributed by atoms with Crippen molar-refractivity contribution in [2.45, 2.75) is 24.8 Å². The molecule has 0 saturated carbocycles. The van der Waals surface area contributed by atoms with Gasteiger partial charge in [-0.3, -0.25) is 0 Å². The lowest BCUT2D eigenvalue weighted by Crippen LogP contribution is -2.43. The van der Waals surface area contributed by atoms with Gasteiger partial charge in [0.2, 0.25) is 10.0 Å². The molecule has 0 spiro atoms. The number of nitrogens with two attached hydrogens (primary N) is 1. The SMILES string of the molecule is CC(C)C(CN)NS(=O)(=O)c1cc(Cl)sc1Cl. The van der Waals surface area contributed by atoms with Crippen molar-refractivity contribution in [3.63, 3.8) is 0 Å². The molecule has 0 amide bonds. The number of halogens is 2. The monoisotopic (exact) mass is 316 g/mol. The summed E-state index contributed by atoms with van der Waals surface area (Å²) in [5, 5.41) is 0. The van der Waals surface area contributed by atoms with E-state index in [9.17, 15) is 8.42 Å². The third-order valence-corrected chi connectivity index (χ3v) is 5.52. The largest absolute Gasteiger partial charge is 0.329 e. The molecule has 0 aliphatic carbocycles. The first-order chi connectivity index (χ1) is 7.77. The molecular formula is C9H14Cl2N2O2S2. The molecule has 0 radical (unpaired) electrons. The molecule has 3 N–H and O–H groups in total. The molecule has 0 saturated heterocycles. The van der Waals surface area contributed by atoms with E-state index in [1.54, 1.807) is 0 Å². The van der Waals surface area contributed by atoms with Crippen molar-refractivity contribution in [1.82, 2.24) is 4.72 Å². The van der Waals surface area contributed by atoms with E-state index in [4.69, 9.17) is 28.9 Å². The lowest BCUT2D eigenvalue weighted by molar-refractivity contribution is 0.455. The van der Waals surface area contributed by atoms with E-state index in [0.29, 0.717) is 4.34 Å². The third kappa shape index (κ3) is 3.81. The quantitative estimate of drug-likeness (QED) is 0.875. The number of hydrogen-bond acceptors (Lipinski definition) is 4. The summed E-state index contributed by atoms with van der Waals surface area (Å²) >= 11 is 12.6. The van der Waals surface area contributed by atoms with Crippen LogP contribution in [0.3, 0.4) is 0 Å². The van der Waals surface area contributed by atoms with Crippen molar-refractivity contribution in [2.75, 3.05) is 6.54 Å². The number of nitrogens with one attached hydrogen (secondary N) is 1. The van der Waals surface area contributed by atoms with Gasteiger partial charge in [0.25, 0.3) is 0 Å². The fraction of sp³-hybridized carbons (Fsp3) is 0.556. The maximum Gasteiger partial charge on any atom is 0.243 e. The molecule has 0 aliphatic heterocycles. The lowest BCUT2D eigenvalue weighted by atomic mass is 10.1. The van der Waals surface area contributed by atoms with Gasteiger partial charge < -0.3 is 5.73 Å². The minimum atomic E-state index is -3.66. The first-order valence-electron chi connectivity index (χ1n) is 4.95. The fourth-order valence-electron chi connectivity index (χ4n) is 1.23. The summed E-state index contributed by atoms with van der Waals surface area (Å²) in [7, 11) is -3.66. The molecule has 1 atom stereocenters. The normalized spacial score (nSPS) is 14.2. The van der Waals surface area contributed by atoms with Crippen molar-refractivity contribution >= 4 is 44.6 Å². The molecular weight excluding hydrogens is 303 g/mol. The zero-order valence-corrected chi connectivity index (χ0v) is 12.6. The van der Waals surface area contributed by atoms with Crippen LogP contribution in [0, 0.1) is 5.92 Å². The summed E-state index contributed by atoms with van der Waals surface area (Å²) in [6.45, 7) is 4.01. The highest BCUT2D eigenvalue weighted by Gasteiger charge is 2.25. The van der Waals surface area contributed by atoms with Gasteiger partial charge in [-0.2, -0.15) is 0 Å². The number of thiophene rings is 1. The van der Waals surface area contributed by atoms with Crippen molar-refractivity contribution < 1.29 is 8.42 Å². The number of sulfonamides is 1. The smallest absolute Gasteiger partial charge is 0.243 e. The van der Waals surface area contributed by atoms with E-state index < -0.39 is 10.0 Å². The van der Waals surface area contributed by atoms with Gasteiger partial charge in [0.15, 0.2) is 0 Å². The molecule has 4 nitrogen and oxygen atoms in total. The Balaban J connectivity index is 3.00. The molecule has 1 unspecified atom stereocenters. The van der Waals surface area contributed by atoms with Crippen LogP contribution < -0.4 is 10.5 Å². The Labute approximate surface area is 115 Å². The first-order valence-corrected chi connectivity index (χ1v) is 8.00. The summed E-state index contributed by atoms with van der Waals surface area (Å²) in [6.07, 6.45) is 0. The van der Waals surface area contributed by atoms with Gasteiger partial charge in [-0.15, -0.1) is 11.3 Å². The summed E-state index contributed by atoms with van der Waals surface area (Å²) in [6, 6.07) is 1.01. The van der Waals surface area contributed by atoms with Crippen LogP contribution in [0.25, 0.3) is 0 Å². The highest BCUT2D eigenvalue weighted by molar-refractivity contribution is 7.89. The molecule has 1 aromatic rings. The van der Waals surface area contributed by atoms with Crippen LogP contribution in [0.15, 0.2) is 11.0 Å². The number of rotatable bonds is 5. The van der Waals surface area contributed by atoms with Crippen LogP contribution in [0.1, 0.15) is 13.8 Å². The highest BCUT2D eigenvalue weighted by atomic mass is 35.5. The van der Waals surface area contributed by atoms with E-state index in [1.165, 1.54) is 6.07 Å². The Kier molecular flexibility index (Phi) is 5.24. The molecule has 17 heavy (non-hydrogen) atoms. The van der Waals surface area contributed by atoms with Crippen molar-refractivity contribution in [3.8, 4) is 0 Å². The van der Waals surface area contributed by atoms with Crippen molar-refractivity contribution in [1.29, 1.82) is 0 Å². The van der Waals surface area contributed by atoms with Gasteiger partial charge in [0, 0.05) is 12.6 Å². The average Bonchev–Trinajstić information content (AvgIpc) is 2.54. The van der Waals surface area contributed by atoms with Gasteiger partial charge in [0.1, 0.15) is 9.23 Å². The summed E-state index contributed by atoms with van der Waals surface area (Å²) < 4.78 is 27.1. The number of hydrogen-bond donors (Lipinski definition) is 2. The van der Waals surface area contributed by atoms with Crippen LogP contribution in [-0.2, 0) is 10.0 Å². The fourth-order valence-corrected chi connectivity index (χ4v) is 4.77. The third-order valence-electron chi connectivity index (χ3n) is 2.28. The van der Waals surface area contributed by atoms with E-state index in [0.717, 1.165) is 11.3 Å². The molecule has 1 heterocycles. The molecule has 1 aromatic heterocycles. The van der Waals surface area contributed by atoms with Gasteiger partial charge >= 0.3 is 0 Å². The van der Waals surface area contributed by atoms with Crippen LogP contribution in [0.5, 0.6) is 0 Å². The van der Waals surface area contributed by atoms with Crippen LogP contribution in [-0.4, -0.2) is 21.0 Å². The Morgan fingerprint density at radius 3 is 2.41 bits per heavy atom. The Morgan fingerprint density at radius 2 is 2.06 bits per heavy atom. The highest BCUT2D eigenvalue weighted by Crippen LogP contribution is 2.34. The molecule has 0 fully saturated rings. The maximum absolute atomic E-state index is 12.0. The lowest BCUT2D eigenvalue weighted by Gasteiger charge is -2.20. The van der Waals surface area contributed by atoms with Crippen LogP contribution in [0.2, 0.25) is 8.67 Å². The molecule has 0 bridgehead atoms. The van der Waals surface area contributed by atoms with Gasteiger partial charge in [0.05, 0.1) is 4.34 Å². The first kappa shape index (κ1) is 15.2. The summed E-state index contributed by atoms with van der Waals surface area (Å²) in [5.41, 5.74) is 5.52. The maximum atomic E-state index is 12.0. The van der Waals surface area contributed by atoms with Crippen LogP contribution >= 0.6 is 34.5 Å². The summed E-state index contributed by atoms with van der Waals surface area (Å²) in [5.74, 6) is 0.0997. The van der Waals surface area contributed by atoms with Crippen LogP contribution in [0.4, 0.5) is 0 Å². The zero-order chi connectivity index (χ0) is 13.2. The van der Waals surface area contributed by atoms with E-state index in [2.05, 4.69) is 4.72 Å².